The van der Waals surface area contributed by atoms with Crippen LogP contribution in [0.15, 0.2) is 57.5 Å². The second-order valence-electron chi connectivity index (χ2n) is 4.51. The smallest absolute Gasteiger partial charge is 0.254 e. The zero-order valence-electron chi connectivity index (χ0n) is 11.6. The third kappa shape index (κ3) is 4.58. The Morgan fingerprint density at radius 1 is 1.14 bits per heavy atom. The van der Waals surface area contributed by atoms with Crippen LogP contribution < -0.4 is 4.74 Å². The number of benzene rings is 2. The van der Waals surface area contributed by atoms with Crippen molar-refractivity contribution in [3.05, 3.63) is 63.0 Å². The zero-order valence-corrected chi connectivity index (χ0v) is 14.7. The standard InChI is InChI=1S/C16H15Br2NO2/c1-19(9-10-21-13-5-3-2-4-6-13)16(20)14-8-7-12(17)11-15(14)18/h2-8,11H,9-10H2,1H3. The Morgan fingerprint density at radius 3 is 2.52 bits per heavy atom. The molecule has 0 atom stereocenters. The van der Waals surface area contributed by atoms with Crippen molar-refractivity contribution in [1.29, 1.82) is 0 Å². The van der Waals surface area contributed by atoms with E-state index >= 15 is 0 Å². The van der Waals surface area contributed by atoms with Crippen LogP contribution in [0.1, 0.15) is 10.4 Å². The van der Waals surface area contributed by atoms with E-state index in [2.05, 4.69) is 31.9 Å². The Morgan fingerprint density at radius 2 is 1.86 bits per heavy atom. The van der Waals surface area contributed by atoms with Gasteiger partial charge < -0.3 is 9.64 Å². The van der Waals surface area contributed by atoms with Gasteiger partial charge in [0.2, 0.25) is 0 Å². The maximum absolute atomic E-state index is 12.3. The van der Waals surface area contributed by atoms with Crippen molar-refractivity contribution >= 4 is 37.8 Å². The molecule has 1 amide bonds. The first-order valence-corrected chi connectivity index (χ1v) is 8.05. The average Bonchev–Trinajstić information content (AvgIpc) is 2.47. The molecule has 0 saturated heterocycles. The van der Waals surface area contributed by atoms with Crippen molar-refractivity contribution in [1.82, 2.24) is 4.90 Å². The van der Waals surface area contributed by atoms with E-state index in [4.69, 9.17) is 4.74 Å². The van der Waals surface area contributed by atoms with Gasteiger partial charge in [-0.15, -0.1) is 0 Å². The molecule has 21 heavy (non-hydrogen) atoms. The van der Waals surface area contributed by atoms with Crippen molar-refractivity contribution in [3.63, 3.8) is 0 Å². The molecule has 3 nitrogen and oxygen atoms in total. The fourth-order valence-electron chi connectivity index (χ4n) is 1.79. The predicted octanol–water partition coefficient (Wildman–Crippen LogP) is 4.36. The van der Waals surface area contributed by atoms with Gasteiger partial charge in [-0.05, 0) is 46.3 Å². The summed E-state index contributed by atoms with van der Waals surface area (Å²) in [5.41, 5.74) is 0.639. The van der Waals surface area contributed by atoms with E-state index in [1.54, 1.807) is 18.0 Å². The molecule has 0 bridgehead atoms. The van der Waals surface area contributed by atoms with Crippen LogP contribution in [0.2, 0.25) is 0 Å². The highest BCUT2D eigenvalue weighted by molar-refractivity contribution is 9.11. The van der Waals surface area contributed by atoms with E-state index < -0.39 is 0 Å². The van der Waals surface area contributed by atoms with Crippen molar-refractivity contribution in [2.24, 2.45) is 0 Å². The molecule has 0 fully saturated rings. The molecule has 2 aromatic carbocycles. The molecule has 0 unspecified atom stereocenters. The second kappa shape index (κ2) is 7.61. The highest BCUT2D eigenvalue weighted by Gasteiger charge is 2.14. The molecule has 0 aliphatic rings. The topological polar surface area (TPSA) is 29.5 Å². The number of amides is 1. The molecule has 0 saturated carbocycles. The summed E-state index contributed by atoms with van der Waals surface area (Å²) in [6.45, 7) is 0.983. The number of nitrogens with zero attached hydrogens (tertiary/aromatic N) is 1. The first-order chi connectivity index (χ1) is 10.1. The normalized spacial score (nSPS) is 10.2. The molecule has 0 spiro atoms. The molecule has 0 heterocycles. The summed E-state index contributed by atoms with van der Waals surface area (Å²) in [6, 6.07) is 15.1. The van der Waals surface area contributed by atoms with Gasteiger partial charge in [0.1, 0.15) is 12.4 Å². The van der Waals surface area contributed by atoms with Crippen LogP contribution in [0, 0.1) is 0 Å². The minimum atomic E-state index is -0.0361. The molecule has 0 aromatic heterocycles. The Labute approximate surface area is 141 Å². The molecule has 5 heteroatoms. The van der Waals surface area contributed by atoms with E-state index in [9.17, 15) is 4.79 Å². The minimum Gasteiger partial charge on any atom is -0.492 e. The van der Waals surface area contributed by atoms with Gasteiger partial charge >= 0.3 is 0 Å². The Kier molecular flexibility index (Phi) is 5.82. The zero-order chi connectivity index (χ0) is 15.2. The number of ether oxygens (including phenoxy) is 1. The maximum atomic E-state index is 12.3. The number of rotatable bonds is 5. The largest absolute Gasteiger partial charge is 0.492 e. The van der Waals surface area contributed by atoms with Gasteiger partial charge in [-0.3, -0.25) is 4.79 Å². The van der Waals surface area contributed by atoms with Crippen LogP contribution in [0.5, 0.6) is 5.75 Å². The number of para-hydroxylation sites is 1. The van der Waals surface area contributed by atoms with Gasteiger partial charge in [-0.1, -0.05) is 34.1 Å². The number of hydrogen-bond donors (Lipinski definition) is 0. The van der Waals surface area contributed by atoms with Crippen LogP contribution in [-0.4, -0.2) is 31.0 Å². The van der Waals surface area contributed by atoms with Crippen LogP contribution >= 0.6 is 31.9 Å². The summed E-state index contributed by atoms with van der Waals surface area (Å²) in [7, 11) is 1.77. The molecule has 0 aliphatic carbocycles. The molecule has 0 radical (unpaired) electrons. The average molecular weight is 413 g/mol. The lowest BCUT2D eigenvalue weighted by Crippen LogP contribution is -2.31. The van der Waals surface area contributed by atoms with Crippen molar-refractivity contribution in [3.8, 4) is 5.75 Å². The van der Waals surface area contributed by atoms with Gasteiger partial charge in [-0.25, -0.2) is 0 Å². The predicted molar refractivity (Wildman–Crippen MR) is 90.7 cm³/mol. The van der Waals surface area contributed by atoms with E-state index in [-0.39, 0.29) is 5.91 Å². The van der Waals surface area contributed by atoms with Crippen molar-refractivity contribution in [2.45, 2.75) is 0 Å². The number of carbonyl (C=O) groups excluding carboxylic acids is 1. The molecule has 2 aromatic rings. The van der Waals surface area contributed by atoms with Gasteiger partial charge in [-0.2, -0.15) is 0 Å². The summed E-state index contributed by atoms with van der Waals surface area (Å²) < 4.78 is 7.31. The maximum Gasteiger partial charge on any atom is 0.254 e. The minimum absolute atomic E-state index is 0.0361. The number of likely N-dealkylation sites (N-methyl/N-ethyl adjacent to an activating group) is 1. The number of halogens is 2. The molecular weight excluding hydrogens is 398 g/mol. The second-order valence-corrected chi connectivity index (χ2v) is 6.28. The molecule has 2 rings (SSSR count). The summed E-state index contributed by atoms with van der Waals surface area (Å²) in [5, 5.41) is 0. The molecule has 0 aliphatic heterocycles. The lowest BCUT2D eigenvalue weighted by Gasteiger charge is -2.18. The summed E-state index contributed by atoms with van der Waals surface area (Å²) >= 11 is 6.79. The highest BCUT2D eigenvalue weighted by Crippen LogP contribution is 2.22. The van der Waals surface area contributed by atoms with Gasteiger partial charge in [0.25, 0.3) is 5.91 Å². The first kappa shape index (κ1) is 16.0. The van der Waals surface area contributed by atoms with E-state index in [1.807, 2.05) is 42.5 Å². The van der Waals surface area contributed by atoms with E-state index in [0.29, 0.717) is 18.7 Å². The van der Waals surface area contributed by atoms with Crippen LogP contribution in [0.3, 0.4) is 0 Å². The lowest BCUT2D eigenvalue weighted by molar-refractivity contribution is 0.0773. The lowest BCUT2D eigenvalue weighted by atomic mass is 10.2. The third-order valence-electron chi connectivity index (χ3n) is 2.95. The third-order valence-corrected chi connectivity index (χ3v) is 4.10. The molecule has 0 N–H and O–H groups in total. The van der Waals surface area contributed by atoms with Gasteiger partial charge in [0.15, 0.2) is 0 Å². The Bertz CT molecular complexity index is 617. The fourth-order valence-corrected chi connectivity index (χ4v) is 3.00. The van der Waals surface area contributed by atoms with Gasteiger partial charge in [0, 0.05) is 16.0 Å². The SMILES string of the molecule is CN(CCOc1ccccc1)C(=O)c1ccc(Br)cc1Br. The highest BCUT2D eigenvalue weighted by atomic mass is 79.9. The van der Waals surface area contributed by atoms with Crippen LogP contribution in [0.4, 0.5) is 0 Å². The summed E-state index contributed by atoms with van der Waals surface area (Å²) in [6.07, 6.45) is 0. The summed E-state index contributed by atoms with van der Waals surface area (Å²) in [4.78, 5) is 14.0. The monoisotopic (exact) mass is 411 g/mol. The van der Waals surface area contributed by atoms with Crippen molar-refractivity contribution in [2.75, 3.05) is 20.2 Å². The summed E-state index contributed by atoms with van der Waals surface area (Å²) in [5.74, 6) is 0.772. The first-order valence-electron chi connectivity index (χ1n) is 6.46. The Hall–Kier alpha value is -1.33. The van der Waals surface area contributed by atoms with Crippen LogP contribution in [0.25, 0.3) is 0 Å². The fraction of sp³-hybridized carbons (Fsp3) is 0.188. The van der Waals surface area contributed by atoms with Gasteiger partial charge in [0.05, 0.1) is 12.1 Å². The van der Waals surface area contributed by atoms with Crippen molar-refractivity contribution < 1.29 is 9.53 Å². The Balaban J connectivity index is 1.90. The molecule has 110 valence electrons. The quantitative estimate of drug-likeness (QED) is 0.729. The number of hydrogen-bond acceptors (Lipinski definition) is 2. The molecular formula is C16H15Br2NO2. The van der Waals surface area contributed by atoms with Crippen LogP contribution in [-0.2, 0) is 0 Å². The van der Waals surface area contributed by atoms with E-state index in [0.717, 1.165) is 14.7 Å². The number of carbonyl (C=O) groups is 1. The van der Waals surface area contributed by atoms with E-state index in [1.165, 1.54) is 0 Å².